The number of fused-ring (bicyclic) bond motifs is 1. The van der Waals surface area contributed by atoms with Gasteiger partial charge in [-0.3, -0.25) is 9.48 Å². The van der Waals surface area contributed by atoms with Crippen molar-refractivity contribution in [1.82, 2.24) is 9.78 Å². The van der Waals surface area contributed by atoms with Crippen molar-refractivity contribution < 1.29 is 14.3 Å². The first-order valence-corrected chi connectivity index (χ1v) is 9.92. The molecule has 0 amide bonds. The maximum atomic E-state index is 11.5. The van der Waals surface area contributed by atoms with Crippen LogP contribution in [0.1, 0.15) is 37.7 Å². The minimum absolute atomic E-state index is 0.192. The lowest BCUT2D eigenvalue weighted by molar-refractivity contribution is -0.140. The lowest BCUT2D eigenvalue weighted by Gasteiger charge is -2.18. The Bertz CT molecular complexity index is 987. The van der Waals surface area contributed by atoms with Crippen molar-refractivity contribution in [3.8, 4) is 16.9 Å². The molecule has 1 saturated carbocycles. The standard InChI is InChI=1S/C23H26N2O3/c1-25-15-18-10-9-17(14-21(18)24-25)20-13-16(8-12-23(26)27-2)7-11-22(20)28-19-5-3-4-6-19/h7,9-11,13-15,19H,3-6,8,12H2,1-2H3. The van der Waals surface area contributed by atoms with Crippen LogP contribution in [0.15, 0.2) is 42.6 Å². The van der Waals surface area contributed by atoms with E-state index >= 15 is 0 Å². The zero-order valence-electron chi connectivity index (χ0n) is 16.5. The lowest BCUT2D eigenvalue weighted by Crippen LogP contribution is -2.11. The highest BCUT2D eigenvalue weighted by atomic mass is 16.5. The van der Waals surface area contributed by atoms with Gasteiger partial charge in [-0.2, -0.15) is 5.10 Å². The predicted molar refractivity (Wildman–Crippen MR) is 109 cm³/mol. The van der Waals surface area contributed by atoms with Crippen LogP contribution in [-0.4, -0.2) is 29.0 Å². The Morgan fingerprint density at radius 1 is 1.18 bits per heavy atom. The van der Waals surface area contributed by atoms with Crippen molar-refractivity contribution in [2.24, 2.45) is 7.05 Å². The third-order valence-electron chi connectivity index (χ3n) is 5.42. The summed E-state index contributed by atoms with van der Waals surface area (Å²) < 4.78 is 13.0. The minimum Gasteiger partial charge on any atom is -0.490 e. The van der Waals surface area contributed by atoms with E-state index in [1.807, 2.05) is 24.0 Å². The third-order valence-corrected chi connectivity index (χ3v) is 5.42. The largest absolute Gasteiger partial charge is 0.490 e. The Labute approximate surface area is 165 Å². The molecule has 0 spiro atoms. The lowest BCUT2D eigenvalue weighted by atomic mass is 9.99. The van der Waals surface area contributed by atoms with E-state index in [0.29, 0.717) is 18.9 Å². The molecule has 3 aromatic rings. The Morgan fingerprint density at radius 3 is 2.79 bits per heavy atom. The van der Waals surface area contributed by atoms with E-state index in [2.05, 4.69) is 35.4 Å². The number of carbonyl (C=O) groups excluding carboxylic acids is 1. The smallest absolute Gasteiger partial charge is 0.305 e. The van der Waals surface area contributed by atoms with Crippen molar-refractivity contribution in [1.29, 1.82) is 0 Å². The van der Waals surface area contributed by atoms with E-state index in [9.17, 15) is 4.79 Å². The first kappa shape index (κ1) is 18.5. The molecule has 5 nitrogen and oxygen atoms in total. The molecule has 4 rings (SSSR count). The molecule has 146 valence electrons. The summed E-state index contributed by atoms with van der Waals surface area (Å²) in [5, 5.41) is 5.66. The number of ether oxygens (including phenoxy) is 2. The fourth-order valence-electron chi connectivity index (χ4n) is 3.90. The van der Waals surface area contributed by atoms with Gasteiger partial charge in [-0.05, 0) is 61.4 Å². The first-order chi connectivity index (χ1) is 13.6. The average Bonchev–Trinajstić information content (AvgIpc) is 3.34. The zero-order chi connectivity index (χ0) is 19.5. The summed E-state index contributed by atoms with van der Waals surface area (Å²) in [4.78, 5) is 11.5. The molecule has 0 unspecified atom stereocenters. The maximum absolute atomic E-state index is 11.5. The molecule has 0 bridgehead atoms. The number of methoxy groups -OCH3 is 1. The van der Waals surface area contributed by atoms with Crippen LogP contribution in [-0.2, 0) is 23.0 Å². The second kappa shape index (κ2) is 8.05. The first-order valence-electron chi connectivity index (χ1n) is 9.92. The van der Waals surface area contributed by atoms with E-state index in [-0.39, 0.29) is 5.97 Å². The van der Waals surface area contributed by atoms with Gasteiger partial charge in [-0.25, -0.2) is 0 Å². The molecule has 28 heavy (non-hydrogen) atoms. The summed E-state index contributed by atoms with van der Waals surface area (Å²) >= 11 is 0. The quantitative estimate of drug-likeness (QED) is 0.585. The summed E-state index contributed by atoms with van der Waals surface area (Å²) in [6.07, 6.45) is 8.02. The number of esters is 1. The molecule has 5 heteroatoms. The molecule has 0 radical (unpaired) electrons. The van der Waals surface area contributed by atoms with Gasteiger partial charge < -0.3 is 9.47 Å². The average molecular weight is 378 g/mol. The second-order valence-corrected chi connectivity index (χ2v) is 7.51. The number of carbonyl (C=O) groups is 1. The van der Waals surface area contributed by atoms with Crippen LogP contribution in [0.3, 0.4) is 0 Å². The van der Waals surface area contributed by atoms with Crippen LogP contribution in [0.25, 0.3) is 22.0 Å². The molecule has 1 aliphatic carbocycles. The van der Waals surface area contributed by atoms with Gasteiger partial charge in [-0.1, -0.05) is 18.2 Å². The van der Waals surface area contributed by atoms with Crippen molar-refractivity contribution in [3.05, 3.63) is 48.2 Å². The van der Waals surface area contributed by atoms with Crippen molar-refractivity contribution in [3.63, 3.8) is 0 Å². The van der Waals surface area contributed by atoms with E-state index in [4.69, 9.17) is 9.47 Å². The highest BCUT2D eigenvalue weighted by Gasteiger charge is 2.19. The minimum atomic E-state index is -0.192. The van der Waals surface area contributed by atoms with E-state index in [0.717, 1.165) is 46.2 Å². The number of aryl methyl sites for hydroxylation is 2. The molecule has 1 aliphatic rings. The summed E-state index contributed by atoms with van der Waals surface area (Å²) in [6, 6.07) is 12.6. The number of benzene rings is 2. The molecular formula is C23H26N2O3. The van der Waals surface area contributed by atoms with Crippen LogP contribution in [0.2, 0.25) is 0 Å². The number of rotatable bonds is 6. The van der Waals surface area contributed by atoms with Crippen LogP contribution >= 0.6 is 0 Å². The molecule has 0 atom stereocenters. The van der Waals surface area contributed by atoms with Gasteiger partial charge in [0.25, 0.3) is 0 Å². The van der Waals surface area contributed by atoms with Crippen LogP contribution in [0.4, 0.5) is 0 Å². The Hall–Kier alpha value is -2.82. The van der Waals surface area contributed by atoms with Gasteiger partial charge in [-0.15, -0.1) is 0 Å². The Morgan fingerprint density at radius 2 is 2.00 bits per heavy atom. The molecule has 0 saturated heterocycles. The molecular weight excluding hydrogens is 352 g/mol. The fourth-order valence-corrected chi connectivity index (χ4v) is 3.90. The summed E-state index contributed by atoms with van der Waals surface area (Å²) in [5.41, 5.74) is 4.20. The molecule has 1 aromatic heterocycles. The van der Waals surface area contributed by atoms with Crippen LogP contribution in [0, 0.1) is 0 Å². The van der Waals surface area contributed by atoms with Gasteiger partial charge in [0, 0.05) is 30.6 Å². The number of hydrogen-bond acceptors (Lipinski definition) is 4. The highest BCUT2D eigenvalue weighted by molar-refractivity contribution is 5.85. The van der Waals surface area contributed by atoms with Gasteiger partial charge in [0.05, 0.1) is 18.7 Å². The SMILES string of the molecule is COC(=O)CCc1ccc(OC2CCCC2)c(-c2ccc3cn(C)nc3c2)c1. The van der Waals surface area contributed by atoms with Crippen molar-refractivity contribution in [2.45, 2.75) is 44.6 Å². The summed E-state index contributed by atoms with van der Waals surface area (Å²) in [6.45, 7) is 0. The maximum Gasteiger partial charge on any atom is 0.305 e. The zero-order valence-corrected chi connectivity index (χ0v) is 16.5. The van der Waals surface area contributed by atoms with E-state index in [1.54, 1.807) is 0 Å². The molecule has 0 aliphatic heterocycles. The van der Waals surface area contributed by atoms with E-state index < -0.39 is 0 Å². The molecule has 0 N–H and O–H groups in total. The van der Waals surface area contributed by atoms with Crippen molar-refractivity contribution in [2.75, 3.05) is 7.11 Å². The fraction of sp³-hybridized carbons (Fsp3) is 0.391. The number of aromatic nitrogens is 2. The second-order valence-electron chi connectivity index (χ2n) is 7.51. The van der Waals surface area contributed by atoms with Crippen LogP contribution < -0.4 is 4.74 Å². The van der Waals surface area contributed by atoms with Crippen LogP contribution in [0.5, 0.6) is 5.75 Å². The van der Waals surface area contributed by atoms with E-state index in [1.165, 1.54) is 20.0 Å². The predicted octanol–water partition coefficient (Wildman–Crippen LogP) is 4.67. The normalized spacial score (nSPS) is 14.5. The summed E-state index contributed by atoms with van der Waals surface area (Å²) in [5.74, 6) is 0.715. The van der Waals surface area contributed by atoms with Gasteiger partial charge >= 0.3 is 5.97 Å². The molecule has 1 fully saturated rings. The molecule has 1 heterocycles. The Kier molecular flexibility index (Phi) is 5.33. The Balaban J connectivity index is 1.69. The molecule has 2 aromatic carbocycles. The van der Waals surface area contributed by atoms with Crippen molar-refractivity contribution >= 4 is 16.9 Å². The third kappa shape index (κ3) is 4.03. The topological polar surface area (TPSA) is 53.4 Å². The van der Waals surface area contributed by atoms with Gasteiger partial charge in [0.15, 0.2) is 0 Å². The van der Waals surface area contributed by atoms with Gasteiger partial charge in [0.2, 0.25) is 0 Å². The summed E-state index contributed by atoms with van der Waals surface area (Å²) in [7, 11) is 3.36. The number of hydrogen-bond donors (Lipinski definition) is 0. The monoisotopic (exact) mass is 378 g/mol. The van der Waals surface area contributed by atoms with Gasteiger partial charge in [0.1, 0.15) is 5.75 Å². The number of nitrogens with zero attached hydrogens (tertiary/aromatic N) is 2. The highest BCUT2D eigenvalue weighted by Crippen LogP contribution is 2.35.